The third-order valence-electron chi connectivity index (χ3n) is 2.85. The first kappa shape index (κ1) is 14.3. The number of piperidine rings is 1. The highest BCUT2D eigenvalue weighted by Gasteiger charge is 2.17. The van der Waals surface area contributed by atoms with E-state index in [2.05, 4.69) is 22.6 Å². The molecule has 0 aliphatic carbocycles. The Balaban J connectivity index is 2.16. The first-order chi connectivity index (χ1) is 8.11. The maximum atomic E-state index is 11.4. The zero-order valence-electron chi connectivity index (χ0n) is 10.2. The zero-order valence-corrected chi connectivity index (χ0v) is 10.9. The minimum Gasteiger partial charge on any atom is -0.337 e. The monoisotopic (exact) mass is 261 g/mol. The van der Waals surface area contributed by atoms with Gasteiger partial charge in [0.05, 0.1) is 0 Å². The number of likely N-dealkylation sites (tertiary alicyclic amines) is 1. The zero-order chi connectivity index (χ0) is 12.7. The van der Waals surface area contributed by atoms with Crippen LogP contribution in [0.4, 0.5) is 4.79 Å². The van der Waals surface area contributed by atoms with Crippen molar-refractivity contribution in [3.8, 4) is 0 Å². The van der Waals surface area contributed by atoms with E-state index >= 15 is 0 Å². The van der Waals surface area contributed by atoms with Gasteiger partial charge in [-0.25, -0.2) is 4.79 Å². The van der Waals surface area contributed by atoms with Crippen LogP contribution in [0.1, 0.15) is 19.3 Å². The van der Waals surface area contributed by atoms with E-state index in [1.165, 1.54) is 0 Å². The van der Waals surface area contributed by atoms with E-state index in [0.717, 1.165) is 25.9 Å². The van der Waals surface area contributed by atoms with Gasteiger partial charge in [-0.3, -0.25) is 10.1 Å². The van der Waals surface area contributed by atoms with Crippen LogP contribution in [0.5, 0.6) is 0 Å². The number of nitrogens with one attached hydrogen (secondary N) is 2. The van der Waals surface area contributed by atoms with E-state index in [9.17, 15) is 9.59 Å². The Bertz CT molecular complexity index is 273. The molecule has 0 aromatic heterocycles. The second-order valence-electron chi connectivity index (χ2n) is 4.47. The molecule has 1 atom stereocenters. The van der Waals surface area contributed by atoms with Gasteiger partial charge in [-0.15, -0.1) is 11.6 Å². The summed E-state index contributed by atoms with van der Waals surface area (Å²) in [4.78, 5) is 24.7. The lowest BCUT2D eigenvalue weighted by atomic mass is 9.99. The van der Waals surface area contributed by atoms with Crippen molar-refractivity contribution >= 4 is 23.5 Å². The molecule has 98 valence electrons. The predicted molar refractivity (Wildman–Crippen MR) is 67.1 cm³/mol. The molecule has 1 saturated heterocycles. The van der Waals surface area contributed by atoms with E-state index in [1.807, 2.05) is 0 Å². The number of carbonyl (C=O) groups is 2. The molecule has 0 aromatic rings. The van der Waals surface area contributed by atoms with Gasteiger partial charge in [-0.05, 0) is 32.4 Å². The minimum absolute atomic E-state index is 0.168. The largest absolute Gasteiger partial charge is 0.337 e. The fourth-order valence-corrected chi connectivity index (χ4v) is 2.17. The SMILES string of the molecule is CN1CCCC(CNC(=O)NC(=O)CCCl)C1. The second kappa shape index (κ2) is 7.50. The molecule has 0 spiro atoms. The Morgan fingerprint density at radius 3 is 2.88 bits per heavy atom. The Morgan fingerprint density at radius 2 is 2.24 bits per heavy atom. The van der Waals surface area contributed by atoms with Crippen LogP contribution in [0.15, 0.2) is 0 Å². The van der Waals surface area contributed by atoms with Gasteiger partial charge < -0.3 is 10.2 Å². The van der Waals surface area contributed by atoms with Gasteiger partial charge in [0.2, 0.25) is 5.91 Å². The van der Waals surface area contributed by atoms with Crippen molar-refractivity contribution in [2.75, 3.05) is 32.6 Å². The van der Waals surface area contributed by atoms with Crippen LogP contribution >= 0.6 is 11.6 Å². The molecule has 6 heteroatoms. The standard InChI is InChI=1S/C11H20ClN3O2/c1-15-6-2-3-9(8-15)7-13-11(17)14-10(16)4-5-12/h9H,2-8H2,1H3,(H2,13,14,16,17). The van der Waals surface area contributed by atoms with E-state index in [-0.39, 0.29) is 18.2 Å². The third kappa shape index (κ3) is 5.89. The summed E-state index contributed by atoms with van der Waals surface area (Å²) in [5.41, 5.74) is 0. The number of nitrogens with zero attached hydrogens (tertiary/aromatic N) is 1. The molecule has 1 aliphatic rings. The molecular weight excluding hydrogens is 242 g/mol. The molecule has 1 aliphatic heterocycles. The summed E-state index contributed by atoms with van der Waals surface area (Å²) in [6, 6.07) is -0.423. The summed E-state index contributed by atoms with van der Waals surface area (Å²) in [5.74, 6) is 0.368. The molecule has 0 saturated carbocycles. The summed E-state index contributed by atoms with van der Waals surface area (Å²) >= 11 is 5.40. The van der Waals surface area contributed by atoms with Gasteiger partial charge in [0, 0.05) is 25.4 Å². The quantitative estimate of drug-likeness (QED) is 0.736. The molecule has 1 heterocycles. The summed E-state index contributed by atoms with van der Waals surface area (Å²) in [7, 11) is 2.08. The van der Waals surface area contributed by atoms with Gasteiger partial charge in [-0.1, -0.05) is 0 Å². The Labute approximate surface area is 107 Å². The number of rotatable bonds is 4. The number of carbonyl (C=O) groups excluding carboxylic acids is 2. The first-order valence-corrected chi connectivity index (χ1v) is 6.47. The van der Waals surface area contributed by atoms with Crippen molar-refractivity contribution in [1.29, 1.82) is 0 Å². The maximum Gasteiger partial charge on any atom is 0.321 e. The Morgan fingerprint density at radius 1 is 1.47 bits per heavy atom. The van der Waals surface area contributed by atoms with E-state index in [1.54, 1.807) is 0 Å². The fourth-order valence-electron chi connectivity index (χ4n) is 2.00. The first-order valence-electron chi connectivity index (χ1n) is 5.94. The molecule has 1 fully saturated rings. The third-order valence-corrected chi connectivity index (χ3v) is 3.04. The maximum absolute atomic E-state index is 11.4. The van der Waals surface area contributed by atoms with E-state index in [4.69, 9.17) is 11.6 Å². The lowest BCUT2D eigenvalue weighted by molar-refractivity contribution is -0.119. The van der Waals surface area contributed by atoms with Gasteiger partial charge in [0.15, 0.2) is 0 Å². The molecule has 1 unspecified atom stereocenters. The fraction of sp³-hybridized carbons (Fsp3) is 0.818. The number of urea groups is 1. The molecule has 2 N–H and O–H groups in total. The number of hydrogen-bond donors (Lipinski definition) is 2. The highest BCUT2D eigenvalue weighted by molar-refractivity contribution is 6.19. The van der Waals surface area contributed by atoms with E-state index in [0.29, 0.717) is 12.5 Å². The average molecular weight is 262 g/mol. The van der Waals surface area contributed by atoms with Crippen LogP contribution < -0.4 is 10.6 Å². The van der Waals surface area contributed by atoms with Crippen LogP contribution in [0.3, 0.4) is 0 Å². The summed E-state index contributed by atoms with van der Waals surface area (Å²) in [6.07, 6.45) is 2.46. The smallest absolute Gasteiger partial charge is 0.321 e. The van der Waals surface area contributed by atoms with E-state index < -0.39 is 6.03 Å². The van der Waals surface area contributed by atoms with Gasteiger partial charge in [0.25, 0.3) is 0 Å². The topological polar surface area (TPSA) is 61.4 Å². The number of amides is 3. The molecule has 5 nitrogen and oxygen atoms in total. The number of alkyl halides is 1. The van der Waals surface area contributed by atoms with Crippen LogP contribution in [0.25, 0.3) is 0 Å². The lowest BCUT2D eigenvalue weighted by Gasteiger charge is -2.29. The molecule has 17 heavy (non-hydrogen) atoms. The summed E-state index contributed by atoms with van der Waals surface area (Å²) < 4.78 is 0. The van der Waals surface area contributed by atoms with Gasteiger partial charge >= 0.3 is 6.03 Å². The Hall–Kier alpha value is -0.810. The highest BCUT2D eigenvalue weighted by atomic mass is 35.5. The summed E-state index contributed by atoms with van der Waals surface area (Å²) in [5, 5.41) is 4.97. The van der Waals surface area contributed by atoms with Gasteiger partial charge in [0.1, 0.15) is 0 Å². The highest BCUT2D eigenvalue weighted by Crippen LogP contribution is 2.13. The van der Waals surface area contributed by atoms with Crippen molar-refractivity contribution in [2.24, 2.45) is 5.92 Å². The van der Waals surface area contributed by atoms with Crippen molar-refractivity contribution in [3.63, 3.8) is 0 Å². The number of imide groups is 1. The van der Waals surface area contributed by atoms with Crippen LogP contribution in [0, 0.1) is 5.92 Å². The molecule has 0 radical (unpaired) electrons. The Kier molecular flexibility index (Phi) is 6.29. The average Bonchev–Trinajstić information content (AvgIpc) is 2.27. The van der Waals surface area contributed by atoms with Crippen LogP contribution in [0.2, 0.25) is 0 Å². The normalized spacial score (nSPS) is 20.9. The second-order valence-corrected chi connectivity index (χ2v) is 4.85. The van der Waals surface area contributed by atoms with Crippen molar-refractivity contribution < 1.29 is 9.59 Å². The van der Waals surface area contributed by atoms with Gasteiger partial charge in [-0.2, -0.15) is 0 Å². The van der Waals surface area contributed by atoms with Crippen molar-refractivity contribution in [3.05, 3.63) is 0 Å². The van der Waals surface area contributed by atoms with Crippen molar-refractivity contribution in [2.45, 2.75) is 19.3 Å². The number of hydrogen-bond acceptors (Lipinski definition) is 3. The molecule has 3 amide bonds. The van der Waals surface area contributed by atoms with Crippen molar-refractivity contribution in [1.82, 2.24) is 15.5 Å². The summed E-state index contributed by atoms with van der Waals surface area (Å²) in [6.45, 7) is 2.73. The van der Waals surface area contributed by atoms with Crippen LogP contribution in [-0.2, 0) is 4.79 Å². The minimum atomic E-state index is -0.423. The molecule has 0 aromatic carbocycles. The lowest BCUT2D eigenvalue weighted by Crippen LogP contribution is -2.44. The predicted octanol–water partition coefficient (Wildman–Crippen LogP) is 0.783. The molecule has 0 bridgehead atoms. The van der Waals surface area contributed by atoms with Crippen LogP contribution in [-0.4, -0.2) is 49.4 Å². The molecule has 1 rings (SSSR count). The molecular formula is C11H20ClN3O2. The number of halogens is 1.